The number of rotatable bonds is 19. The number of methoxy groups -OCH3 is 5. The minimum atomic E-state index is -1.67. The number of aromatic carboxylic acids is 2. The fraction of sp³-hybridized carbons (Fsp3) is 0.214. The van der Waals surface area contributed by atoms with Crippen LogP contribution in [0.1, 0.15) is 149 Å². The Kier molecular flexibility index (Phi) is 81.6. The molecule has 10 aromatic rings. The number of ketones is 3. The number of carbonyl (C=O) groups is 9. The van der Waals surface area contributed by atoms with Crippen LogP contribution >= 0.6 is 102 Å². The number of allylic oxidation sites excluding steroid dienone is 1. The van der Waals surface area contributed by atoms with E-state index in [2.05, 4.69) is 131 Å². The van der Waals surface area contributed by atoms with E-state index in [4.69, 9.17) is 100 Å². The van der Waals surface area contributed by atoms with Crippen molar-refractivity contribution in [1.82, 2.24) is 0 Å². The molecule has 0 aliphatic heterocycles. The number of aliphatic hydroxyl groups is 1. The predicted octanol–water partition coefficient (Wildman–Crippen LogP) is 23.2. The van der Waals surface area contributed by atoms with Gasteiger partial charge in [-0.05, 0) is 191 Å². The van der Waals surface area contributed by atoms with E-state index in [0.717, 1.165) is 71.8 Å². The second-order valence-corrected chi connectivity index (χ2v) is 33.5. The van der Waals surface area contributed by atoms with Crippen molar-refractivity contribution in [2.24, 2.45) is 0 Å². The molecule has 0 fully saturated rings. The second-order valence-electron chi connectivity index (χ2n) is 25.6. The summed E-state index contributed by atoms with van der Waals surface area (Å²) in [5.74, 6) is -2.01. The van der Waals surface area contributed by atoms with Crippen molar-refractivity contribution in [2.45, 2.75) is 81.1 Å². The molecule has 4 N–H and O–H groups in total. The SMILES string of the molecule is C=CCBr.CO.COC(=O)c1ccc(Br)cc1C.COc1ccc(CC(C)=O)cc1.Cc1cc(Br)ccc1C(=O)O.O=S(Cl)Cl.O=S(Cl)Cl.[2H]CF.[C-]#N.[C-]#[N+]c1ccc(C(=O)C(C(=O)OCC)c2ccc(OC)cc2)c(C)c1.[C-]#[N+]c1ccc(C(=O)Cc2ccc(OC)cc2)c(C)c1.[C-]#[N+]c1ccc(C(=O)Cl)c(C)c1.[C-]#[N+]c1ccc(C(=O)O)c(C)c1.[C-]#[N+]c1ccc(C(=O)OC)c(C)c1.[Cu+].[Na+].[OH-]. The molecule has 27 nitrogen and oxygen atoms in total. The number of esters is 3. The Hall–Kier alpha value is -11.1. The molecule has 732 valence electrons. The Bertz CT molecular complexity index is 5800. The Morgan fingerprint density at radius 3 is 0.978 bits per heavy atom. The van der Waals surface area contributed by atoms with E-state index in [1.165, 1.54) is 26.4 Å². The Labute approximate surface area is 891 Å². The van der Waals surface area contributed by atoms with E-state index in [0.29, 0.717) is 97.1 Å². The number of benzene rings is 10. The van der Waals surface area contributed by atoms with Crippen molar-refractivity contribution in [3.63, 3.8) is 0 Å². The molecule has 0 heterocycles. The summed E-state index contributed by atoms with van der Waals surface area (Å²) in [5, 5.41) is 31.0. The quantitative estimate of drug-likeness (QED) is 0.00779. The van der Waals surface area contributed by atoms with Gasteiger partial charge >= 0.3 is 76.5 Å². The van der Waals surface area contributed by atoms with Crippen LogP contribution in [0.5, 0.6) is 17.2 Å². The summed E-state index contributed by atoms with van der Waals surface area (Å²) in [7, 11) is 22.2. The molecule has 10 aromatic carbocycles. The van der Waals surface area contributed by atoms with Gasteiger partial charge in [-0.2, -0.15) is 0 Å². The molecule has 1 atom stereocenters. The predicted molar refractivity (Wildman–Crippen MR) is 543 cm³/mol. The monoisotopic (exact) mass is 2280 g/mol. The molecule has 10 rings (SSSR count). The molecule has 1 unspecified atom stereocenters. The van der Waals surface area contributed by atoms with Crippen molar-refractivity contribution in [1.29, 1.82) is 5.26 Å². The number of ether oxygens (including phenoxy) is 6. The molecule has 40 heteroatoms. The number of hydrogen-bond donors (Lipinski definition) is 3. The number of Topliss-reactive ketones (excluding diaryl/α,β-unsaturated/α-hetero) is 3. The van der Waals surface area contributed by atoms with Gasteiger partial charge in [-0.1, -0.05) is 192 Å². The van der Waals surface area contributed by atoms with Crippen molar-refractivity contribution >= 4 is 201 Å². The first-order valence-electron chi connectivity index (χ1n) is 38.7. The van der Waals surface area contributed by atoms with Gasteiger partial charge in [0.15, 0.2) is 40.0 Å². The van der Waals surface area contributed by atoms with Crippen molar-refractivity contribution in [3.05, 3.63) is 380 Å². The molecular weight excluding hydrogens is 2180 g/mol. The van der Waals surface area contributed by atoms with Gasteiger partial charge in [-0.25, -0.2) is 51.8 Å². The number of nitrogens with zero attached hydrogens (tertiary/aromatic N) is 6. The number of carbonyl (C=O) groups excluding carboxylic acids is 7. The zero-order valence-electron chi connectivity index (χ0n) is 78.4. The van der Waals surface area contributed by atoms with Crippen molar-refractivity contribution < 1.29 is 153 Å². The first kappa shape index (κ1) is 138. The standard InChI is InChI=1S/C20H19NO4.C17H15NO2.C10H9NO2.C10H12O2.C9H9BrO2.C9H6ClNO.C9H7NO2.C8H7BrO2.C3H5Br.CH3F.CN.CH4O.2Cl2OS.Cu.Na.H2O/c1-5-25-20(23)18(14-6-9-16(24-4)10-7-14)19(22)17-11-8-15(21-3)12-13(17)2;1-12-10-14(18-2)6-9-16(12)17(19)11-13-4-7-15(20-3)8-5-13;1-7-6-8(11-2)4-5-9(7)10(12)13-3;1-8(11)7-9-3-5-10(12-2)6-4-9;1-6-5-7(10)3-4-8(6)9(11)12-2;1-6-5-7(11-2)3-4-8(6)9(10)12;1-6-5-7(10-2)3-4-8(6)9(11)12;1-5-4-6(9)2-3-7(5)8(10)11;1-2-3-4;3*1-2;2*1-4(2)3;;;/h6-12,18H,5H2,1-2,4H3;4-10H,11H2,1,3H3;4-6H,1,3H3;3-6H,7H2,1-2H3;3-5H,1-2H3;3-5H,1H3;3-5H,1H3,(H,11,12);2-4H,1H3,(H,10,11);2H,1,3H2;1H3;;2H,1H3;;;;;1H2/q;;;;;;;;;;-1;;;;2*+1;/p-1/i;;;;;;;;;1D;;;;;;;. The molecule has 0 aromatic heterocycles. The van der Waals surface area contributed by atoms with Gasteiger partial charge in [0.2, 0.25) is 18.5 Å². The molecule has 0 aliphatic carbocycles. The summed E-state index contributed by atoms with van der Waals surface area (Å²) >= 11 is 15.0. The fourth-order valence-electron chi connectivity index (χ4n) is 10.4. The first-order valence-corrected chi connectivity index (χ1v) is 46.7. The summed E-state index contributed by atoms with van der Waals surface area (Å²) < 4.78 is 65.0. The first-order chi connectivity index (χ1) is 64.4. The average Bonchev–Trinajstić information content (AvgIpc) is 0.802. The molecule has 0 saturated heterocycles. The summed E-state index contributed by atoms with van der Waals surface area (Å²) in [6.07, 6.45) is 2.65. The molecule has 0 bridgehead atoms. The number of aryl methyl sites for hydroxylation is 7. The number of alkyl halides is 2. The third-order valence-corrected chi connectivity index (χ3v) is 18.2. The number of carboxylic acids is 2. The third-order valence-electron chi connectivity index (χ3n) is 16.6. The van der Waals surface area contributed by atoms with E-state index in [9.17, 15) is 47.5 Å². The number of hydrogen-bond acceptors (Lipinski definition) is 20. The maximum absolute atomic E-state index is 13.0. The molecule has 0 spiro atoms. The summed E-state index contributed by atoms with van der Waals surface area (Å²) in [5.41, 5.74) is 13.6. The molecule has 0 amide bonds. The molecule has 0 saturated carbocycles. The normalized spacial score (nSPS) is 9.20. The smallest absolute Gasteiger partial charge is 0.870 e. The summed E-state index contributed by atoms with van der Waals surface area (Å²) in [4.78, 5) is 119. The largest absolute Gasteiger partial charge is 1.00 e. The molecule has 138 heavy (non-hydrogen) atoms. The van der Waals surface area contributed by atoms with Crippen LogP contribution in [-0.4, -0.2) is 143 Å². The maximum Gasteiger partial charge on any atom is 1.00 e. The van der Waals surface area contributed by atoms with Crippen molar-refractivity contribution in [2.75, 3.05) is 61.7 Å². The number of halogens is 9. The van der Waals surface area contributed by atoms with Crippen LogP contribution in [-0.2, 0) is 72.2 Å². The average molecular weight is 2280 g/mol. The summed E-state index contributed by atoms with van der Waals surface area (Å²) in [6, 6.07) is 56.4. The minimum absolute atomic E-state index is 0. The third kappa shape index (κ3) is 57.9. The van der Waals surface area contributed by atoms with Crippen LogP contribution in [0.15, 0.2) is 222 Å². The van der Waals surface area contributed by atoms with Crippen LogP contribution in [0, 0.1) is 93.2 Å². The van der Waals surface area contributed by atoms with Gasteiger partial charge in [0.1, 0.15) is 28.9 Å². The Morgan fingerprint density at radius 1 is 0.478 bits per heavy atom. The van der Waals surface area contributed by atoms with Crippen molar-refractivity contribution in [3.8, 4) is 17.2 Å². The van der Waals surface area contributed by atoms with Gasteiger partial charge in [-0.15, -0.1) is 6.58 Å². The van der Waals surface area contributed by atoms with Gasteiger partial charge in [0.05, 0.1) is 106 Å². The Morgan fingerprint density at radius 2 is 0.732 bits per heavy atom. The Balaban J connectivity index is -0.000000282. The van der Waals surface area contributed by atoms with E-state index in [-0.39, 0.29) is 93.6 Å². The van der Waals surface area contributed by atoms with Gasteiger partial charge in [-0.3, -0.25) is 28.4 Å². The molecular formula is C98H97Br3Cl5CuFN6NaO21S2. The van der Waals surface area contributed by atoms with E-state index < -0.39 is 54.7 Å². The summed E-state index contributed by atoms with van der Waals surface area (Å²) in [6.45, 7) is 58.3. The number of aliphatic hydroxyl groups excluding tert-OH is 1. The second kappa shape index (κ2) is 81.8. The van der Waals surface area contributed by atoms with E-state index in [1.54, 1.807) is 203 Å². The van der Waals surface area contributed by atoms with Crippen LogP contribution < -0.4 is 43.8 Å². The van der Waals surface area contributed by atoms with Crippen LogP contribution in [0.3, 0.4) is 0 Å². The van der Waals surface area contributed by atoms with Gasteiger partial charge in [0.25, 0.3) is 5.24 Å². The topological polar surface area (TPSA) is 379 Å². The van der Waals surface area contributed by atoms with Crippen LogP contribution in [0.4, 0.5) is 32.8 Å². The van der Waals surface area contributed by atoms with E-state index in [1.807, 2.05) is 74.5 Å². The fourth-order valence-corrected chi connectivity index (χ4v) is 11.6. The van der Waals surface area contributed by atoms with Crippen LogP contribution in [0.2, 0.25) is 0 Å². The number of carboxylic acid groups (broad SMARTS) is 2. The zero-order chi connectivity index (χ0) is 105. The molecule has 0 aliphatic rings. The van der Waals surface area contributed by atoms with Gasteiger partial charge < -0.3 is 61.1 Å². The van der Waals surface area contributed by atoms with Crippen LogP contribution in [0.25, 0.3) is 24.2 Å². The molecule has 0 radical (unpaired) electrons. The minimum Gasteiger partial charge on any atom is -0.870 e. The van der Waals surface area contributed by atoms with E-state index >= 15 is 0 Å². The maximum atomic E-state index is 13.0. The van der Waals surface area contributed by atoms with Gasteiger partial charge in [0, 0.05) is 93.6 Å². The zero-order valence-corrected chi connectivity index (χ0v) is 90.5.